The molecule has 6 aromatic heterocycles. The van der Waals surface area contributed by atoms with E-state index < -0.39 is 5.97 Å². The van der Waals surface area contributed by atoms with Crippen LogP contribution in [0.5, 0.6) is 5.75 Å². The summed E-state index contributed by atoms with van der Waals surface area (Å²) in [5.41, 5.74) is 50.3. The molecule has 0 bridgehead atoms. The second-order valence-electron chi connectivity index (χ2n) is 25.4. The quantitative estimate of drug-likeness (QED) is 0.0157. The molecule has 1 saturated heterocycles. The Morgan fingerprint density at radius 3 is 1.27 bits per heavy atom. The van der Waals surface area contributed by atoms with Crippen molar-refractivity contribution in [3.8, 4) is 73.3 Å². The van der Waals surface area contributed by atoms with Crippen LogP contribution in [-0.4, -0.2) is 162 Å². The summed E-state index contributed by atoms with van der Waals surface area (Å²) < 4.78 is 19.0. The molecular weight excluding hydrogens is 1590 g/mol. The Kier molecular flexibility index (Phi) is 34.6. The highest BCUT2D eigenvalue weighted by Gasteiger charge is 2.22. The van der Waals surface area contributed by atoms with Crippen LogP contribution in [0.25, 0.3) is 79.7 Å². The third-order valence-electron chi connectivity index (χ3n) is 17.3. The minimum absolute atomic E-state index is 0.0665. The number of halogens is 3. The van der Waals surface area contributed by atoms with Gasteiger partial charge in [-0.3, -0.25) is 9.59 Å². The Labute approximate surface area is 708 Å². The zero-order valence-electron chi connectivity index (χ0n) is 67.2. The molecule has 1 amide bonds. The first-order valence-corrected chi connectivity index (χ1v) is 38.3. The third kappa shape index (κ3) is 27.0. The predicted octanol–water partition coefficient (Wildman–Crippen LogP) is 13.8. The monoisotopic (exact) mass is 1680 g/mol. The van der Waals surface area contributed by atoms with Crippen molar-refractivity contribution in [2.24, 2.45) is 0 Å². The van der Waals surface area contributed by atoms with E-state index in [1.807, 2.05) is 131 Å². The van der Waals surface area contributed by atoms with Gasteiger partial charge in [-0.15, -0.1) is 0 Å². The van der Waals surface area contributed by atoms with Crippen molar-refractivity contribution < 1.29 is 48.0 Å². The zero-order chi connectivity index (χ0) is 87.0. The molecule has 34 heteroatoms. The first-order valence-electron chi connectivity index (χ1n) is 37.2. The smallest absolute Gasteiger partial charge is 0.337 e. The summed E-state index contributed by atoms with van der Waals surface area (Å²) in [5, 5.41) is 16.1. The lowest BCUT2D eigenvalue weighted by Crippen LogP contribution is -2.40. The summed E-state index contributed by atoms with van der Waals surface area (Å²) in [6.07, 6.45) is 10.0. The van der Waals surface area contributed by atoms with Crippen LogP contribution >= 0.6 is 34.8 Å². The summed E-state index contributed by atoms with van der Waals surface area (Å²) in [6.45, 7) is 10.3. The van der Waals surface area contributed by atoms with E-state index in [-0.39, 0.29) is 69.3 Å². The van der Waals surface area contributed by atoms with E-state index in [2.05, 4.69) is 84.7 Å². The van der Waals surface area contributed by atoms with Crippen LogP contribution in [-0.2, 0) is 54.2 Å². The number of nitrogens with one attached hydrogen (secondary N) is 2. The third-order valence-corrected chi connectivity index (χ3v) is 18.5. The molecule has 12 aromatic rings. The van der Waals surface area contributed by atoms with E-state index in [4.69, 9.17) is 73.9 Å². The molecule has 1 fully saturated rings. The van der Waals surface area contributed by atoms with Gasteiger partial charge >= 0.3 is 17.9 Å². The van der Waals surface area contributed by atoms with Gasteiger partial charge in [0.1, 0.15) is 28.7 Å². The molecule has 0 saturated carbocycles. The maximum Gasteiger partial charge on any atom is 0.337 e. The number of aryl methyl sites for hydroxylation is 4. The van der Waals surface area contributed by atoms with Gasteiger partial charge in [0.15, 0.2) is 0 Å². The van der Waals surface area contributed by atoms with Crippen molar-refractivity contribution >= 4 is 124 Å². The number of methoxy groups -OCH3 is 3. The number of nitrogen functional groups attached to an aromatic ring is 6. The molecule has 1 aliphatic rings. The number of phenolic OH excluding ortho intramolecular Hbond substituents is 1. The number of ether oxygens (including phenoxy) is 4. The Morgan fingerprint density at radius 2 is 0.833 bits per heavy atom. The lowest BCUT2D eigenvalue weighted by atomic mass is 10.1. The van der Waals surface area contributed by atoms with Crippen molar-refractivity contribution in [2.75, 3.05) is 107 Å². The van der Waals surface area contributed by atoms with Gasteiger partial charge in [0, 0.05) is 113 Å². The lowest BCUT2D eigenvalue weighted by molar-refractivity contribution is -0.135. The van der Waals surface area contributed by atoms with E-state index in [0.717, 1.165) is 111 Å². The van der Waals surface area contributed by atoms with Crippen molar-refractivity contribution in [1.82, 2.24) is 64.7 Å². The standard InChI is InChI=1S/C17H19ClN4O2.2C15H16N4O2.C14H15N3O2.C13H13N3O.C12H11Cl2N3O/c1-2-12-10-15(21-17(19)20-12)11-3-4-13(14(18)9-11)16(23)22-5-7-24-8-6-22;1-17-13-9-12(18-15(16)19-13)11-6-3-10(4-7-11)5-8-14(20)21-2;1-17-13-9-12(18-15(16)19-13)11-5-3-4-10(8-11)6-7-14(20)21-2;1-3-11-8-12(17-14(15)16-11)9-4-6-10(7-5-9)13(18)19-2;1-2-11-7-12(16-13(14)15-11)10-5-3-9(8-17)4-6-10;1-2-6-5-8(17-12(15)16-6)7-3-4-9(18)11(14)10(7)13/h3-4,9-10H,2,5-8H2,1H3,(H2,19,20,21);2*3-9H,1-2H3,(H3,16,17,18,19);4-8H,3H2,1-2H3,(H2,15,16,17);3-8H,2H2,1H3,(H2,14,15,16);3-5,18H,2H2,1H3,(H2,15,16,17)/b;8-5+;7-6+;;;. The summed E-state index contributed by atoms with van der Waals surface area (Å²) in [6, 6.07) is 48.9. The number of aromatic nitrogens is 12. The van der Waals surface area contributed by atoms with E-state index in [1.54, 1.807) is 85.7 Å². The molecule has 0 radical (unpaired) electrons. The molecule has 7 heterocycles. The van der Waals surface area contributed by atoms with Crippen molar-refractivity contribution in [3.05, 3.63) is 242 Å². The number of phenols is 1. The molecule has 6 aromatic carbocycles. The number of nitrogens with two attached hydrogens (primary N) is 6. The lowest BCUT2D eigenvalue weighted by Gasteiger charge is -2.27. The van der Waals surface area contributed by atoms with Crippen LogP contribution in [0.4, 0.5) is 47.3 Å². The number of amides is 1. The fourth-order valence-corrected chi connectivity index (χ4v) is 11.7. The maximum absolute atomic E-state index is 12.6. The minimum atomic E-state index is -0.399. The SMILES string of the molecule is CCc1cc(-c2ccc(C(=O)N3CCOCC3)c(Cl)c2)nc(N)n1.CCc1cc(-c2ccc(C(=O)OC)cc2)nc(N)n1.CCc1cc(-c2ccc(C=O)cc2)nc(N)n1.CCc1cc(-c2ccc(O)c(Cl)c2Cl)nc(N)n1.CNc1cc(-c2ccc(/C=C/C(=O)OC)cc2)nc(N)n1.CNc1cc(-c2cccc(/C=C/C(=O)OC)c2)nc(N)n1. The molecule has 0 aliphatic carbocycles. The highest BCUT2D eigenvalue weighted by Crippen LogP contribution is 2.39. The molecule has 0 atom stereocenters. The summed E-state index contributed by atoms with van der Waals surface area (Å²) in [4.78, 5) is 108. The molecular formula is C86H90Cl3N21O10. The number of hydrogen-bond donors (Lipinski definition) is 9. The van der Waals surface area contributed by atoms with Gasteiger partial charge < -0.3 is 74.0 Å². The molecule has 13 rings (SSSR count). The van der Waals surface area contributed by atoms with E-state index >= 15 is 0 Å². The number of aldehydes is 1. The Morgan fingerprint density at radius 1 is 0.442 bits per heavy atom. The van der Waals surface area contributed by atoms with Crippen LogP contribution in [0.1, 0.15) is 92.7 Å². The van der Waals surface area contributed by atoms with Gasteiger partial charge in [-0.1, -0.05) is 147 Å². The number of morpholine rings is 1. The molecule has 15 N–H and O–H groups in total. The number of carbonyl (C=O) groups is 5. The van der Waals surface area contributed by atoms with Crippen molar-refractivity contribution in [3.63, 3.8) is 0 Å². The van der Waals surface area contributed by atoms with Gasteiger partial charge in [-0.2, -0.15) is 9.97 Å². The topological polar surface area (TPSA) is 481 Å². The Bertz CT molecular complexity index is 5610. The number of benzene rings is 6. The van der Waals surface area contributed by atoms with Gasteiger partial charge in [0.05, 0.1) is 89.9 Å². The normalized spacial score (nSPS) is 11.3. The van der Waals surface area contributed by atoms with E-state index in [0.29, 0.717) is 82.3 Å². The largest absolute Gasteiger partial charge is 0.506 e. The first-order chi connectivity index (χ1) is 57.7. The average molecular weight is 1680 g/mol. The Balaban J connectivity index is 0.000000180. The summed E-state index contributed by atoms with van der Waals surface area (Å²) in [5.74, 6) is 1.38. The number of rotatable bonds is 19. The van der Waals surface area contributed by atoms with Gasteiger partial charge in [-0.05, 0) is 116 Å². The number of carbonyl (C=O) groups excluding carboxylic acids is 5. The number of nitrogens with zero attached hydrogens (tertiary/aromatic N) is 13. The molecule has 31 nitrogen and oxygen atoms in total. The van der Waals surface area contributed by atoms with E-state index in [1.165, 1.54) is 39.5 Å². The van der Waals surface area contributed by atoms with Gasteiger partial charge in [0.2, 0.25) is 35.7 Å². The van der Waals surface area contributed by atoms with Crippen LogP contribution in [0.3, 0.4) is 0 Å². The highest BCUT2D eigenvalue weighted by atomic mass is 35.5. The number of hydrogen-bond acceptors (Lipinski definition) is 30. The highest BCUT2D eigenvalue weighted by molar-refractivity contribution is 6.44. The van der Waals surface area contributed by atoms with Gasteiger partial charge in [-0.25, -0.2) is 64.2 Å². The molecule has 0 spiro atoms. The first kappa shape index (κ1) is 91.4. The van der Waals surface area contributed by atoms with Gasteiger partial charge in [0.25, 0.3) is 5.91 Å². The number of esters is 3. The fourth-order valence-electron chi connectivity index (χ4n) is 11.0. The predicted molar refractivity (Wildman–Crippen MR) is 470 cm³/mol. The fraction of sp³-hybridized carbons (Fsp3) is 0.198. The van der Waals surface area contributed by atoms with Crippen LogP contribution < -0.4 is 45.0 Å². The molecule has 120 heavy (non-hydrogen) atoms. The number of anilines is 8. The van der Waals surface area contributed by atoms with Crippen molar-refractivity contribution in [1.29, 1.82) is 0 Å². The molecule has 620 valence electrons. The van der Waals surface area contributed by atoms with Crippen LogP contribution in [0, 0.1) is 0 Å². The Hall–Kier alpha value is -14.1. The summed E-state index contributed by atoms with van der Waals surface area (Å²) in [7, 11) is 7.57. The molecule has 0 unspecified atom stereocenters. The maximum atomic E-state index is 12.6. The average Bonchev–Trinajstić information content (AvgIpc) is 0.797. The number of aromatic hydroxyl groups is 1. The summed E-state index contributed by atoms with van der Waals surface area (Å²) >= 11 is 18.3. The van der Waals surface area contributed by atoms with Crippen LogP contribution in [0.2, 0.25) is 15.1 Å². The van der Waals surface area contributed by atoms with E-state index in [9.17, 15) is 29.1 Å². The van der Waals surface area contributed by atoms with Crippen molar-refractivity contribution in [2.45, 2.75) is 53.4 Å². The zero-order valence-corrected chi connectivity index (χ0v) is 69.4. The second-order valence-corrected chi connectivity index (χ2v) is 26.6. The molecule has 1 aliphatic heterocycles. The van der Waals surface area contributed by atoms with Crippen LogP contribution in [0.15, 0.2) is 176 Å². The minimum Gasteiger partial charge on any atom is -0.506 e. The second kappa shape index (κ2) is 45.4.